The minimum Gasteiger partial charge on any atom is -0.462 e. The Kier molecular flexibility index (Phi) is 50.8. The molecule has 0 saturated carbocycles. The molecule has 2 N–H and O–H groups in total. The van der Waals surface area contributed by atoms with Gasteiger partial charge in [-0.05, 0) is 128 Å². The number of aliphatic hydroxyl groups is 1. The molecule has 74 heavy (non-hydrogen) atoms. The van der Waals surface area contributed by atoms with Crippen molar-refractivity contribution in [3.63, 3.8) is 0 Å². The van der Waals surface area contributed by atoms with Crippen LogP contribution in [0.15, 0.2) is 158 Å². The van der Waals surface area contributed by atoms with Gasteiger partial charge in [0.2, 0.25) is 0 Å². The molecule has 0 heterocycles. The molecule has 0 amide bonds. The lowest BCUT2D eigenvalue weighted by Gasteiger charge is -2.21. The summed E-state index contributed by atoms with van der Waals surface area (Å²) in [6.45, 7) is 4.08. The number of esters is 3. The number of phosphoric ester groups is 1. The number of hydrogen-bond acceptors (Lipinski definition) is 10. The molecule has 0 aliphatic rings. The Labute approximate surface area is 447 Å². The molecule has 11 nitrogen and oxygen atoms in total. The fourth-order valence-corrected chi connectivity index (χ4v) is 7.17. The predicted molar refractivity (Wildman–Crippen MR) is 306 cm³/mol. The van der Waals surface area contributed by atoms with Crippen molar-refractivity contribution in [1.29, 1.82) is 0 Å². The lowest BCUT2D eigenvalue weighted by atomic mass is 10.1. The van der Waals surface area contributed by atoms with Crippen LogP contribution in [0.4, 0.5) is 0 Å². The third kappa shape index (κ3) is 52.0. The van der Waals surface area contributed by atoms with Gasteiger partial charge in [0.05, 0.1) is 19.8 Å². The quantitative estimate of drug-likeness (QED) is 0.0197. The zero-order valence-electron chi connectivity index (χ0n) is 45.5. The summed E-state index contributed by atoms with van der Waals surface area (Å²) in [6, 6.07) is 0. The molecule has 3 unspecified atom stereocenters. The van der Waals surface area contributed by atoms with Crippen LogP contribution in [0, 0.1) is 0 Å². The molecule has 3 atom stereocenters. The number of ether oxygens (including phenoxy) is 3. The number of aliphatic hydroxyl groups excluding tert-OH is 1. The van der Waals surface area contributed by atoms with Gasteiger partial charge in [-0.25, -0.2) is 4.57 Å². The number of hydrogen-bond donors (Lipinski definition) is 2. The van der Waals surface area contributed by atoms with E-state index in [2.05, 4.69) is 161 Å². The summed E-state index contributed by atoms with van der Waals surface area (Å²) < 4.78 is 39.3. The Bertz CT molecular complexity index is 1840. The van der Waals surface area contributed by atoms with Crippen LogP contribution in [0.1, 0.15) is 175 Å². The van der Waals surface area contributed by atoms with E-state index in [9.17, 15) is 28.9 Å². The zero-order valence-corrected chi connectivity index (χ0v) is 46.4. The molecule has 0 saturated heterocycles. The first-order chi connectivity index (χ1) is 36.2. The van der Waals surface area contributed by atoms with E-state index in [0.717, 1.165) is 116 Å². The lowest BCUT2D eigenvalue weighted by molar-refractivity contribution is -0.161. The molecule has 0 rings (SSSR count). The van der Waals surface area contributed by atoms with Crippen molar-refractivity contribution >= 4 is 25.7 Å². The molecule has 0 bridgehead atoms. The second kappa shape index (κ2) is 54.4. The smallest absolute Gasteiger partial charge is 0.462 e. The fourth-order valence-electron chi connectivity index (χ4n) is 6.38. The standard InChI is InChI=1S/C62H95O11P/c1-4-7-10-13-16-19-22-25-27-28-29-30-32-34-36-39-42-45-48-51-60(64)69-55-59(73-62(66)53-50-47-44-41-38-35-31-26-23-20-17-14-11-8-5-2)57-71-74(67,68)70-56-58(54-63)72-61(65)52-49-46-43-40-37-33-24-21-18-15-12-9-6-3/h7-12,16-21,25-27,29-31,33-34,36-38,41,43,46,58-59,63H,4-6,13-15,22-24,28,32,35,39-40,42,44-45,47-57H2,1-3H3,(H,67,68)/b10-7-,11-8-,12-9-,19-16-,20-17-,21-18-,27-25-,30-29-,31-26-,36-34-,37-33-,41-38-,46-43-. The van der Waals surface area contributed by atoms with E-state index in [1.54, 1.807) is 0 Å². The molecular formula is C62H95O11P. The second-order valence-corrected chi connectivity index (χ2v) is 18.7. The minimum absolute atomic E-state index is 0.0410. The van der Waals surface area contributed by atoms with E-state index in [1.165, 1.54) is 0 Å². The number of rotatable bonds is 48. The van der Waals surface area contributed by atoms with Crippen molar-refractivity contribution in [3.05, 3.63) is 158 Å². The summed E-state index contributed by atoms with van der Waals surface area (Å²) >= 11 is 0. The average Bonchev–Trinajstić information content (AvgIpc) is 3.39. The van der Waals surface area contributed by atoms with Crippen LogP contribution in [-0.2, 0) is 42.2 Å². The van der Waals surface area contributed by atoms with E-state index < -0.39 is 57.8 Å². The van der Waals surface area contributed by atoms with Crippen LogP contribution in [0.25, 0.3) is 0 Å². The lowest BCUT2D eigenvalue weighted by Crippen LogP contribution is -2.30. The summed E-state index contributed by atoms with van der Waals surface area (Å²) in [4.78, 5) is 48.4. The van der Waals surface area contributed by atoms with Gasteiger partial charge in [0.25, 0.3) is 0 Å². The Morgan fingerprint density at radius 2 is 0.689 bits per heavy atom. The van der Waals surface area contributed by atoms with Gasteiger partial charge in [-0.2, -0.15) is 0 Å². The minimum atomic E-state index is -4.79. The molecular weight excluding hydrogens is 952 g/mol. The third-order valence-electron chi connectivity index (χ3n) is 10.4. The van der Waals surface area contributed by atoms with Gasteiger partial charge in [-0.3, -0.25) is 23.4 Å². The Hall–Kier alpha value is -4.90. The van der Waals surface area contributed by atoms with Gasteiger partial charge in [0, 0.05) is 19.3 Å². The molecule has 414 valence electrons. The first-order valence-corrected chi connectivity index (χ1v) is 28.9. The van der Waals surface area contributed by atoms with Crippen LogP contribution >= 0.6 is 7.82 Å². The summed E-state index contributed by atoms with van der Waals surface area (Å²) in [7, 11) is -4.79. The van der Waals surface area contributed by atoms with E-state index in [1.807, 2.05) is 18.2 Å². The molecule has 0 aliphatic carbocycles. The van der Waals surface area contributed by atoms with Crippen molar-refractivity contribution in [2.75, 3.05) is 26.4 Å². The van der Waals surface area contributed by atoms with E-state index >= 15 is 0 Å². The maximum absolute atomic E-state index is 12.9. The maximum Gasteiger partial charge on any atom is 0.472 e. The highest BCUT2D eigenvalue weighted by molar-refractivity contribution is 7.47. The van der Waals surface area contributed by atoms with Crippen molar-refractivity contribution in [1.82, 2.24) is 0 Å². The molecule has 0 fully saturated rings. The van der Waals surface area contributed by atoms with Gasteiger partial charge in [0.1, 0.15) is 12.7 Å². The average molecular weight is 1050 g/mol. The second-order valence-electron chi connectivity index (χ2n) is 17.2. The highest BCUT2D eigenvalue weighted by atomic mass is 31.2. The SMILES string of the molecule is CC/C=C\C/C=C\C/C=C\C/C=C\C/C=C\CCCCCC(=O)OCC(COP(=O)(O)OCC(CO)OC(=O)CC/C=C\C/C=C\C/C=C\C/C=C\CC)OC(=O)CCCC/C=C\C/C=C\C/C=C\C/C=C\CC. The van der Waals surface area contributed by atoms with Gasteiger partial charge in [-0.15, -0.1) is 0 Å². The largest absolute Gasteiger partial charge is 0.472 e. The molecule has 0 aromatic carbocycles. The summed E-state index contributed by atoms with van der Waals surface area (Å²) in [5, 5.41) is 9.78. The van der Waals surface area contributed by atoms with Crippen LogP contribution in [0.2, 0.25) is 0 Å². The van der Waals surface area contributed by atoms with Crippen LogP contribution in [-0.4, -0.2) is 66.5 Å². The highest BCUT2D eigenvalue weighted by Crippen LogP contribution is 2.43. The van der Waals surface area contributed by atoms with Gasteiger partial charge < -0.3 is 24.2 Å². The van der Waals surface area contributed by atoms with Gasteiger partial charge in [-0.1, -0.05) is 185 Å². The zero-order chi connectivity index (χ0) is 54.1. The number of carbonyl (C=O) groups excluding carboxylic acids is 3. The molecule has 0 aliphatic heterocycles. The van der Waals surface area contributed by atoms with Crippen LogP contribution in [0.5, 0.6) is 0 Å². The van der Waals surface area contributed by atoms with Gasteiger partial charge in [0.15, 0.2) is 6.10 Å². The first kappa shape index (κ1) is 69.1. The molecule has 12 heteroatoms. The van der Waals surface area contributed by atoms with E-state index in [4.69, 9.17) is 23.3 Å². The Balaban J connectivity index is 4.94. The molecule has 0 aromatic rings. The summed E-state index contributed by atoms with van der Waals surface area (Å²) in [5.74, 6) is -1.67. The summed E-state index contributed by atoms with van der Waals surface area (Å²) in [5.41, 5.74) is 0. The Morgan fingerprint density at radius 1 is 0.378 bits per heavy atom. The Morgan fingerprint density at radius 3 is 1.09 bits per heavy atom. The normalized spacial score (nSPS) is 14.6. The first-order valence-electron chi connectivity index (χ1n) is 27.4. The number of allylic oxidation sites excluding steroid dienone is 26. The van der Waals surface area contributed by atoms with Crippen molar-refractivity contribution in [3.8, 4) is 0 Å². The number of unbranched alkanes of at least 4 members (excludes halogenated alkanes) is 5. The van der Waals surface area contributed by atoms with Crippen molar-refractivity contribution in [2.45, 2.75) is 187 Å². The third-order valence-corrected chi connectivity index (χ3v) is 11.4. The van der Waals surface area contributed by atoms with E-state index in [0.29, 0.717) is 19.3 Å². The van der Waals surface area contributed by atoms with Crippen molar-refractivity contribution in [2.24, 2.45) is 0 Å². The number of phosphoric acid groups is 1. The van der Waals surface area contributed by atoms with E-state index in [-0.39, 0.29) is 25.9 Å². The number of carbonyl (C=O) groups is 3. The van der Waals surface area contributed by atoms with Crippen molar-refractivity contribution < 1.29 is 52.2 Å². The maximum atomic E-state index is 12.9. The summed E-state index contributed by atoms with van der Waals surface area (Å²) in [6.07, 6.45) is 70.9. The monoisotopic (exact) mass is 1050 g/mol. The van der Waals surface area contributed by atoms with Gasteiger partial charge >= 0.3 is 25.7 Å². The molecule has 0 aromatic heterocycles. The predicted octanol–water partition coefficient (Wildman–Crippen LogP) is 16.1. The topological polar surface area (TPSA) is 155 Å². The van der Waals surface area contributed by atoms with Crippen LogP contribution < -0.4 is 0 Å². The fraction of sp³-hybridized carbons (Fsp3) is 0.532. The highest BCUT2D eigenvalue weighted by Gasteiger charge is 2.28. The van der Waals surface area contributed by atoms with Crippen LogP contribution in [0.3, 0.4) is 0 Å². The molecule has 0 spiro atoms. The molecule has 0 radical (unpaired) electrons.